The van der Waals surface area contributed by atoms with E-state index in [1.54, 1.807) is 6.20 Å². The first kappa shape index (κ1) is 27.3. The minimum atomic E-state index is -1.48. The second-order valence-electron chi connectivity index (χ2n) is 8.58. The zero-order valence-corrected chi connectivity index (χ0v) is 19.5. The number of para-hydroxylation sites is 1. The lowest BCUT2D eigenvalue weighted by atomic mass is 10.0. The van der Waals surface area contributed by atoms with Crippen molar-refractivity contribution >= 4 is 40.6 Å². The summed E-state index contributed by atoms with van der Waals surface area (Å²) in [5, 5.41) is 26.6. The molecule has 0 aliphatic carbocycles. The number of carboxylic acid groups (broad SMARTS) is 2. The second kappa shape index (κ2) is 12.5. The summed E-state index contributed by atoms with van der Waals surface area (Å²) in [6.07, 6.45) is 1.10. The van der Waals surface area contributed by atoms with E-state index in [1.165, 1.54) is 0 Å². The van der Waals surface area contributed by atoms with Crippen molar-refractivity contribution in [2.75, 3.05) is 6.54 Å². The highest BCUT2D eigenvalue weighted by Gasteiger charge is 2.31. The number of carbonyl (C=O) groups excluding carboxylic acids is 3. The number of nitrogens with one attached hydrogen (secondary N) is 4. The maximum absolute atomic E-state index is 13.1. The van der Waals surface area contributed by atoms with Crippen molar-refractivity contribution < 1.29 is 34.2 Å². The Bertz CT molecular complexity index is 1080. The number of aromatic amines is 1. The van der Waals surface area contributed by atoms with Gasteiger partial charge in [0.15, 0.2) is 0 Å². The largest absolute Gasteiger partial charge is 0.481 e. The second-order valence-corrected chi connectivity index (χ2v) is 8.58. The van der Waals surface area contributed by atoms with E-state index in [0.29, 0.717) is 5.56 Å². The number of carboxylic acids is 2. The number of aliphatic carboxylic acids is 2. The fraction of sp³-hybridized carbons (Fsp3) is 0.435. The van der Waals surface area contributed by atoms with Crippen LogP contribution in [-0.4, -0.2) is 69.5 Å². The number of carbonyl (C=O) groups is 5. The predicted molar refractivity (Wildman–Crippen MR) is 126 cm³/mol. The zero-order chi connectivity index (χ0) is 26.1. The van der Waals surface area contributed by atoms with Crippen LogP contribution < -0.4 is 21.7 Å². The molecule has 0 radical (unpaired) electrons. The highest BCUT2D eigenvalue weighted by atomic mass is 16.4. The molecule has 3 unspecified atom stereocenters. The normalized spacial score (nSPS) is 13.6. The SMILES string of the molecule is CC(C)CC(NC(=O)C(Cc1c[nH]c2ccccc12)NC(=O)C(CC(=O)O)NC(=O)CN)C(=O)O. The van der Waals surface area contributed by atoms with Gasteiger partial charge in [0.1, 0.15) is 18.1 Å². The average Bonchev–Trinajstić information content (AvgIpc) is 3.19. The molecule has 35 heavy (non-hydrogen) atoms. The molecule has 0 saturated carbocycles. The van der Waals surface area contributed by atoms with Crippen LogP contribution in [0, 0.1) is 5.92 Å². The number of fused-ring (bicyclic) bond motifs is 1. The molecule has 0 saturated heterocycles. The van der Waals surface area contributed by atoms with Gasteiger partial charge in [-0.3, -0.25) is 19.2 Å². The number of nitrogens with two attached hydrogens (primary N) is 1. The Balaban J connectivity index is 2.32. The lowest BCUT2D eigenvalue weighted by Crippen LogP contribution is -2.57. The Kier molecular flexibility index (Phi) is 9.76. The van der Waals surface area contributed by atoms with Gasteiger partial charge in [-0.25, -0.2) is 4.79 Å². The molecule has 1 heterocycles. The number of amides is 3. The van der Waals surface area contributed by atoms with Gasteiger partial charge in [-0.05, 0) is 24.0 Å². The third-order valence-corrected chi connectivity index (χ3v) is 5.27. The van der Waals surface area contributed by atoms with Crippen LogP contribution in [0.4, 0.5) is 0 Å². The van der Waals surface area contributed by atoms with Gasteiger partial charge in [0.2, 0.25) is 17.7 Å². The van der Waals surface area contributed by atoms with Crippen LogP contribution in [-0.2, 0) is 30.4 Å². The van der Waals surface area contributed by atoms with E-state index in [9.17, 15) is 29.1 Å². The highest BCUT2D eigenvalue weighted by molar-refractivity contribution is 5.95. The number of H-pyrrole nitrogens is 1. The van der Waals surface area contributed by atoms with Crippen LogP contribution in [0.25, 0.3) is 10.9 Å². The molecule has 3 atom stereocenters. The topological polar surface area (TPSA) is 204 Å². The average molecular weight is 490 g/mol. The van der Waals surface area contributed by atoms with E-state index < -0.39 is 60.8 Å². The molecule has 0 bridgehead atoms. The van der Waals surface area contributed by atoms with Gasteiger partial charge < -0.3 is 36.9 Å². The lowest BCUT2D eigenvalue weighted by Gasteiger charge is -2.24. The maximum atomic E-state index is 13.1. The number of hydrogen-bond donors (Lipinski definition) is 7. The molecule has 0 fully saturated rings. The molecule has 3 amide bonds. The Hall–Kier alpha value is -3.93. The van der Waals surface area contributed by atoms with Crippen LogP contribution in [0.5, 0.6) is 0 Å². The van der Waals surface area contributed by atoms with Crippen LogP contribution in [0.2, 0.25) is 0 Å². The fourth-order valence-corrected chi connectivity index (χ4v) is 3.60. The molecular formula is C23H31N5O7. The van der Waals surface area contributed by atoms with E-state index in [0.717, 1.165) is 10.9 Å². The van der Waals surface area contributed by atoms with Gasteiger partial charge in [-0.2, -0.15) is 0 Å². The first-order valence-corrected chi connectivity index (χ1v) is 11.1. The summed E-state index contributed by atoms with van der Waals surface area (Å²) in [6.45, 7) is 3.16. The van der Waals surface area contributed by atoms with Gasteiger partial charge in [-0.15, -0.1) is 0 Å². The first-order valence-electron chi connectivity index (χ1n) is 11.1. The van der Waals surface area contributed by atoms with Gasteiger partial charge in [-0.1, -0.05) is 32.0 Å². The summed E-state index contributed by atoms with van der Waals surface area (Å²) in [7, 11) is 0. The molecule has 12 nitrogen and oxygen atoms in total. The van der Waals surface area contributed by atoms with Crippen molar-refractivity contribution in [3.63, 3.8) is 0 Å². The van der Waals surface area contributed by atoms with Crippen molar-refractivity contribution in [2.45, 2.75) is 51.2 Å². The van der Waals surface area contributed by atoms with Crippen LogP contribution in [0.3, 0.4) is 0 Å². The Morgan fingerprint density at radius 2 is 1.57 bits per heavy atom. The monoisotopic (exact) mass is 489 g/mol. The smallest absolute Gasteiger partial charge is 0.326 e. The molecule has 0 aliphatic rings. The molecule has 0 aliphatic heterocycles. The molecule has 0 spiro atoms. The highest BCUT2D eigenvalue weighted by Crippen LogP contribution is 2.19. The number of rotatable bonds is 13. The van der Waals surface area contributed by atoms with Crippen LogP contribution in [0.15, 0.2) is 30.5 Å². The zero-order valence-electron chi connectivity index (χ0n) is 19.5. The van der Waals surface area contributed by atoms with E-state index in [1.807, 2.05) is 38.1 Å². The van der Waals surface area contributed by atoms with Gasteiger partial charge in [0, 0.05) is 23.5 Å². The Morgan fingerprint density at radius 1 is 0.943 bits per heavy atom. The fourth-order valence-electron chi connectivity index (χ4n) is 3.60. The third-order valence-electron chi connectivity index (χ3n) is 5.27. The molecule has 190 valence electrons. The minimum Gasteiger partial charge on any atom is -0.481 e. The number of benzene rings is 1. The number of aromatic nitrogens is 1. The molecule has 1 aromatic carbocycles. The first-order chi connectivity index (χ1) is 16.5. The summed E-state index contributed by atoms with van der Waals surface area (Å²) < 4.78 is 0. The molecule has 8 N–H and O–H groups in total. The molecule has 12 heteroatoms. The van der Waals surface area contributed by atoms with Crippen molar-refractivity contribution in [1.82, 2.24) is 20.9 Å². The summed E-state index contributed by atoms with van der Waals surface area (Å²) >= 11 is 0. The summed E-state index contributed by atoms with van der Waals surface area (Å²) in [4.78, 5) is 63.7. The molecule has 2 aromatic rings. The summed E-state index contributed by atoms with van der Waals surface area (Å²) in [5.41, 5.74) is 6.73. The van der Waals surface area contributed by atoms with Crippen molar-refractivity contribution in [1.29, 1.82) is 0 Å². The quantitative estimate of drug-likeness (QED) is 0.199. The molecule has 1 aromatic heterocycles. The summed E-state index contributed by atoms with van der Waals surface area (Å²) in [5.74, 6) is -5.00. The van der Waals surface area contributed by atoms with E-state index in [-0.39, 0.29) is 18.8 Å². The van der Waals surface area contributed by atoms with Gasteiger partial charge >= 0.3 is 11.9 Å². The van der Waals surface area contributed by atoms with E-state index >= 15 is 0 Å². The molecular weight excluding hydrogens is 458 g/mol. The minimum absolute atomic E-state index is 0.0137. The van der Waals surface area contributed by atoms with Gasteiger partial charge in [0.25, 0.3) is 0 Å². The van der Waals surface area contributed by atoms with Crippen molar-refractivity contribution in [2.24, 2.45) is 11.7 Å². The Morgan fingerprint density at radius 3 is 2.17 bits per heavy atom. The van der Waals surface area contributed by atoms with Crippen molar-refractivity contribution in [3.8, 4) is 0 Å². The van der Waals surface area contributed by atoms with Crippen molar-refractivity contribution in [3.05, 3.63) is 36.0 Å². The Labute approximate surface area is 201 Å². The number of hydrogen-bond acceptors (Lipinski definition) is 6. The maximum Gasteiger partial charge on any atom is 0.326 e. The predicted octanol–water partition coefficient (Wildman–Crippen LogP) is -0.271. The standard InChI is InChI=1S/C23H31N5O7/c1-12(2)7-18(23(34)35)28-21(32)16(8-13-11-25-15-6-4-3-5-14(13)15)27-22(33)17(9-20(30)31)26-19(29)10-24/h3-6,11-12,16-18,25H,7-10,24H2,1-2H3,(H,26,29)(H,27,33)(H,28,32)(H,30,31)(H,34,35). The van der Waals surface area contributed by atoms with E-state index in [2.05, 4.69) is 20.9 Å². The summed E-state index contributed by atoms with van der Waals surface area (Å²) in [6, 6.07) is 3.38. The van der Waals surface area contributed by atoms with Crippen LogP contribution >= 0.6 is 0 Å². The lowest BCUT2D eigenvalue weighted by molar-refractivity contribution is -0.143. The molecule has 2 rings (SSSR count). The third kappa shape index (κ3) is 8.10. The van der Waals surface area contributed by atoms with E-state index in [4.69, 9.17) is 10.8 Å². The van der Waals surface area contributed by atoms with Crippen LogP contribution in [0.1, 0.15) is 32.3 Å². The van der Waals surface area contributed by atoms with Gasteiger partial charge in [0.05, 0.1) is 13.0 Å².